The Morgan fingerprint density at radius 2 is 0.855 bits per heavy atom. The molecule has 1 aliphatic carbocycles. The molecule has 12 rings (SSSR count). The summed E-state index contributed by atoms with van der Waals surface area (Å²) in [5, 5.41) is 4.64. The molecule has 1 aliphatic rings. The van der Waals surface area contributed by atoms with Gasteiger partial charge in [0.2, 0.25) is 5.95 Å². The molecular formula is C58H40N4. The van der Waals surface area contributed by atoms with Crippen LogP contribution in [0.25, 0.3) is 106 Å². The van der Waals surface area contributed by atoms with E-state index in [2.05, 4.69) is 213 Å². The summed E-state index contributed by atoms with van der Waals surface area (Å²) in [7, 11) is 0. The lowest BCUT2D eigenvalue weighted by molar-refractivity contribution is 0.660. The quantitative estimate of drug-likeness (QED) is 0.168. The van der Waals surface area contributed by atoms with Crippen LogP contribution in [0.15, 0.2) is 206 Å². The van der Waals surface area contributed by atoms with Crippen LogP contribution in [-0.2, 0) is 5.41 Å². The monoisotopic (exact) mass is 792 g/mol. The third-order valence-corrected chi connectivity index (χ3v) is 12.9. The molecule has 0 bridgehead atoms. The van der Waals surface area contributed by atoms with E-state index in [1.807, 2.05) is 12.1 Å². The summed E-state index contributed by atoms with van der Waals surface area (Å²) in [4.78, 5) is 16.1. The van der Waals surface area contributed by atoms with Crippen LogP contribution < -0.4 is 0 Å². The van der Waals surface area contributed by atoms with Gasteiger partial charge in [-0.1, -0.05) is 208 Å². The molecule has 0 amide bonds. The molecule has 0 N–H and O–H groups in total. The molecule has 4 heteroatoms. The first-order valence-corrected chi connectivity index (χ1v) is 21.3. The topological polar surface area (TPSA) is 43.6 Å². The second kappa shape index (κ2) is 14.1. The van der Waals surface area contributed by atoms with Gasteiger partial charge in [-0.3, -0.25) is 4.57 Å². The van der Waals surface area contributed by atoms with Crippen LogP contribution in [0.4, 0.5) is 0 Å². The summed E-state index contributed by atoms with van der Waals surface area (Å²) >= 11 is 0. The fourth-order valence-electron chi connectivity index (χ4n) is 9.76. The van der Waals surface area contributed by atoms with Crippen LogP contribution >= 0.6 is 0 Å². The third kappa shape index (κ3) is 5.72. The van der Waals surface area contributed by atoms with E-state index in [1.165, 1.54) is 33.2 Å². The van der Waals surface area contributed by atoms with E-state index in [1.54, 1.807) is 0 Å². The van der Waals surface area contributed by atoms with Gasteiger partial charge in [0.1, 0.15) is 0 Å². The Hall–Kier alpha value is -7.95. The average Bonchev–Trinajstić information content (AvgIpc) is 3.79. The maximum Gasteiger partial charge on any atom is 0.238 e. The van der Waals surface area contributed by atoms with Gasteiger partial charge in [-0.25, -0.2) is 4.98 Å². The summed E-state index contributed by atoms with van der Waals surface area (Å²) in [5.41, 5.74) is 16.0. The third-order valence-electron chi connectivity index (χ3n) is 12.9. The van der Waals surface area contributed by atoms with Crippen LogP contribution in [0.5, 0.6) is 0 Å². The van der Waals surface area contributed by atoms with Crippen LogP contribution in [0.2, 0.25) is 0 Å². The Morgan fingerprint density at radius 3 is 1.50 bits per heavy atom. The number of rotatable bonds is 6. The maximum absolute atomic E-state index is 5.43. The Labute approximate surface area is 360 Å². The molecule has 0 saturated heterocycles. The highest BCUT2D eigenvalue weighted by atomic mass is 15.2. The second-order valence-corrected chi connectivity index (χ2v) is 16.8. The first-order valence-electron chi connectivity index (χ1n) is 21.3. The Morgan fingerprint density at radius 1 is 0.371 bits per heavy atom. The summed E-state index contributed by atoms with van der Waals surface area (Å²) in [5.74, 6) is 1.79. The molecule has 4 nitrogen and oxygen atoms in total. The number of benzene rings is 9. The fraction of sp³-hybridized carbons (Fsp3) is 0.0517. The highest BCUT2D eigenvalue weighted by Gasteiger charge is 2.37. The first-order chi connectivity index (χ1) is 30.5. The Balaban J connectivity index is 1.14. The van der Waals surface area contributed by atoms with Gasteiger partial charge in [0, 0.05) is 32.9 Å². The molecule has 0 saturated carbocycles. The summed E-state index contributed by atoms with van der Waals surface area (Å²) in [6.45, 7) is 4.69. The van der Waals surface area contributed by atoms with Crippen molar-refractivity contribution in [3.63, 3.8) is 0 Å². The smallest absolute Gasteiger partial charge is 0.238 e. The van der Waals surface area contributed by atoms with Crippen molar-refractivity contribution in [1.82, 2.24) is 19.5 Å². The van der Waals surface area contributed by atoms with Crippen LogP contribution in [0, 0.1) is 0 Å². The Kier molecular flexibility index (Phi) is 8.16. The normalized spacial score (nSPS) is 12.8. The zero-order valence-electron chi connectivity index (χ0n) is 34.4. The molecule has 292 valence electrons. The predicted molar refractivity (Wildman–Crippen MR) is 256 cm³/mol. The van der Waals surface area contributed by atoms with Gasteiger partial charge in [-0.05, 0) is 73.0 Å². The lowest BCUT2D eigenvalue weighted by Gasteiger charge is -2.21. The number of nitrogens with zero attached hydrogens (tertiary/aromatic N) is 4. The van der Waals surface area contributed by atoms with Crippen molar-refractivity contribution in [2.24, 2.45) is 0 Å². The van der Waals surface area contributed by atoms with Crippen molar-refractivity contribution in [2.75, 3.05) is 0 Å². The number of para-hydroxylation sites is 1. The van der Waals surface area contributed by atoms with Gasteiger partial charge in [0.05, 0.1) is 11.0 Å². The summed E-state index contributed by atoms with van der Waals surface area (Å²) in [6, 6.07) is 73.7. The minimum absolute atomic E-state index is 0.135. The van der Waals surface area contributed by atoms with Gasteiger partial charge in [0.25, 0.3) is 0 Å². The highest BCUT2D eigenvalue weighted by Crippen LogP contribution is 2.53. The van der Waals surface area contributed by atoms with Crippen molar-refractivity contribution in [3.05, 3.63) is 217 Å². The zero-order chi connectivity index (χ0) is 41.4. The predicted octanol–water partition coefficient (Wildman–Crippen LogP) is 14.8. The fourth-order valence-corrected chi connectivity index (χ4v) is 9.76. The van der Waals surface area contributed by atoms with Crippen molar-refractivity contribution in [3.8, 4) is 73.2 Å². The molecule has 0 unspecified atom stereocenters. The van der Waals surface area contributed by atoms with Gasteiger partial charge in [-0.2, -0.15) is 9.97 Å². The number of hydrogen-bond donors (Lipinski definition) is 0. The molecule has 2 aromatic heterocycles. The lowest BCUT2D eigenvalue weighted by atomic mass is 9.82. The molecule has 9 aromatic carbocycles. The van der Waals surface area contributed by atoms with Gasteiger partial charge in [-0.15, -0.1) is 0 Å². The zero-order valence-corrected chi connectivity index (χ0v) is 34.4. The highest BCUT2D eigenvalue weighted by molar-refractivity contribution is 6.17. The second-order valence-electron chi connectivity index (χ2n) is 16.8. The first kappa shape index (κ1) is 35.9. The SMILES string of the molecule is CC1(C)c2ccccc2-c2c(-c3cccc4c5cc6ccccc6cc5n(-c5nc(-c6ccc(-c7ccccc7)cc6)nc(-c6ccc(-c7ccccc7)cc6)n5)c34)cccc21. The van der Waals surface area contributed by atoms with E-state index in [4.69, 9.17) is 15.0 Å². The molecule has 0 radical (unpaired) electrons. The van der Waals surface area contributed by atoms with E-state index in [0.29, 0.717) is 17.6 Å². The van der Waals surface area contributed by atoms with Crippen molar-refractivity contribution >= 4 is 32.6 Å². The van der Waals surface area contributed by atoms with E-state index >= 15 is 0 Å². The Bertz CT molecular complexity index is 3410. The maximum atomic E-state index is 5.43. The number of hydrogen-bond acceptors (Lipinski definition) is 3. The van der Waals surface area contributed by atoms with E-state index in [9.17, 15) is 0 Å². The molecule has 62 heavy (non-hydrogen) atoms. The van der Waals surface area contributed by atoms with Crippen molar-refractivity contribution in [2.45, 2.75) is 19.3 Å². The number of aromatic nitrogens is 4. The van der Waals surface area contributed by atoms with Crippen molar-refractivity contribution in [1.29, 1.82) is 0 Å². The van der Waals surface area contributed by atoms with Crippen LogP contribution in [0.1, 0.15) is 25.0 Å². The molecule has 11 aromatic rings. The standard InChI is InChI=1S/C58H40N4/c1-58(2)50-25-12-11-21-48(50)53-45(22-14-26-51(53)58)46-23-13-24-47-49-35-43-19-9-10-20-44(43)36-52(49)62(54(46)47)57-60-55(41-31-27-39(28-32-41)37-15-5-3-6-16-37)59-56(61-57)42-33-29-40(30-34-42)38-17-7-4-8-18-38/h3-36H,1-2H3. The van der Waals surface area contributed by atoms with Crippen LogP contribution in [0.3, 0.4) is 0 Å². The summed E-state index contributed by atoms with van der Waals surface area (Å²) in [6.07, 6.45) is 0. The van der Waals surface area contributed by atoms with Gasteiger partial charge in [0.15, 0.2) is 11.6 Å². The molecular weight excluding hydrogens is 753 g/mol. The van der Waals surface area contributed by atoms with E-state index in [0.717, 1.165) is 66.1 Å². The molecule has 0 fully saturated rings. The largest absolute Gasteiger partial charge is 0.277 e. The molecule has 0 spiro atoms. The van der Waals surface area contributed by atoms with E-state index < -0.39 is 0 Å². The molecule has 2 heterocycles. The van der Waals surface area contributed by atoms with Gasteiger partial charge >= 0.3 is 0 Å². The van der Waals surface area contributed by atoms with Gasteiger partial charge < -0.3 is 0 Å². The molecule has 0 aliphatic heterocycles. The minimum Gasteiger partial charge on any atom is -0.277 e. The lowest BCUT2D eigenvalue weighted by Crippen LogP contribution is -2.14. The van der Waals surface area contributed by atoms with Crippen molar-refractivity contribution < 1.29 is 0 Å². The van der Waals surface area contributed by atoms with E-state index in [-0.39, 0.29) is 5.41 Å². The number of fused-ring (bicyclic) bond motifs is 7. The van der Waals surface area contributed by atoms with Crippen LogP contribution in [-0.4, -0.2) is 19.5 Å². The average molecular weight is 793 g/mol. The minimum atomic E-state index is -0.135. The molecule has 0 atom stereocenters. The summed E-state index contributed by atoms with van der Waals surface area (Å²) < 4.78 is 2.29.